The molecular weight excluding hydrogens is 793 g/mol. The summed E-state index contributed by atoms with van der Waals surface area (Å²) < 4.78 is 62.5. The monoisotopic (exact) mass is 840 g/mol. The van der Waals surface area contributed by atoms with E-state index in [4.69, 9.17) is 14.6 Å². The van der Waals surface area contributed by atoms with E-state index >= 15 is 0 Å². The van der Waals surface area contributed by atoms with Crippen LogP contribution in [0.25, 0.3) is 66.5 Å². The van der Waals surface area contributed by atoms with Crippen molar-refractivity contribution < 1.29 is 31.9 Å². The van der Waals surface area contributed by atoms with Gasteiger partial charge in [0.25, 0.3) is 0 Å². The van der Waals surface area contributed by atoms with E-state index < -0.39 is 24.9 Å². The molecule has 7 aromatic rings. The molecule has 1 aliphatic rings. The summed E-state index contributed by atoms with van der Waals surface area (Å²) in [4.78, 5) is 26.4. The first-order valence-corrected chi connectivity index (χ1v) is 21.2. The van der Waals surface area contributed by atoms with E-state index in [1.165, 1.54) is 6.92 Å². The molecule has 0 amide bonds. The van der Waals surface area contributed by atoms with Gasteiger partial charge in [-0.2, -0.15) is 8.78 Å². The molecule has 0 saturated carbocycles. The van der Waals surface area contributed by atoms with E-state index in [1.54, 1.807) is 6.08 Å². The van der Waals surface area contributed by atoms with Crippen molar-refractivity contribution in [1.82, 2.24) is 14.5 Å². The molecule has 11 heteroatoms. The lowest BCUT2D eigenvalue weighted by Crippen LogP contribution is -2.32. The van der Waals surface area contributed by atoms with Crippen molar-refractivity contribution in [3.05, 3.63) is 138 Å². The molecule has 8 rings (SSSR count). The minimum atomic E-state index is -4.36. The molecule has 0 saturated heterocycles. The second-order valence-electron chi connectivity index (χ2n) is 15.8. The second-order valence-corrected chi connectivity index (χ2v) is 15.8. The van der Waals surface area contributed by atoms with Gasteiger partial charge in [0.05, 0.1) is 16.9 Å². The van der Waals surface area contributed by atoms with Crippen molar-refractivity contribution >= 4 is 44.3 Å². The maximum absolute atomic E-state index is 14.2. The standard InChI is InChI=1S/C51H48F4N4O3/c1-4-6-17-33(5-2)30-59-43-27-26-36(45(58-62-32(3)60)39-24-15-16-25-44(39)61-31-51(54,55)50(52)53)28-40(43)41-29-42(37-22-13-14-23-38(37)48(41)59)49-56-46(34-18-9-7-10-19-34)47(57-49)35-20-11-8-12-21-35/h7-15,18-24,26-29,33,50H,4-6,16-17,25,30-31H2,1-3H3,(H,56,57). The van der Waals surface area contributed by atoms with Crippen LogP contribution in [0.1, 0.15) is 64.9 Å². The van der Waals surface area contributed by atoms with E-state index in [2.05, 4.69) is 71.0 Å². The summed E-state index contributed by atoms with van der Waals surface area (Å²) >= 11 is 0. The van der Waals surface area contributed by atoms with E-state index in [0.29, 0.717) is 23.7 Å². The summed E-state index contributed by atoms with van der Waals surface area (Å²) in [6.07, 6.45) is 4.45. The van der Waals surface area contributed by atoms with Crippen LogP contribution in [0.15, 0.2) is 138 Å². The third-order valence-electron chi connectivity index (χ3n) is 11.6. The molecule has 2 heterocycles. The molecule has 1 atom stereocenters. The molecule has 7 nitrogen and oxygen atoms in total. The molecule has 0 spiro atoms. The molecule has 5 aromatic carbocycles. The predicted molar refractivity (Wildman–Crippen MR) is 239 cm³/mol. The zero-order chi connectivity index (χ0) is 43.4. The van der Waals surface area contributed by atoms with Crippen molar-refractivity contribution in [3.8, 4) is 33.9 Å². The van der Waals surface area contributed by atoms with Crippen molar-refractivity contribution in [3.63, 3.8) is 0 Å². The number of rotatable bonds is 16. The number of aromatic nitrogens is 3. The molecule has 1 N–H and O–H groups in total. The Morgan fingerprint density at radius 3 is 2.29 bits per heavy atom. The fourth-order valence-electron chi connectivity index (χ4n) is 8.41. The summed E-state index contributed by atoms with van der Waals surface area (Å²) in [5.74, 6) is -3.90. The van der Waals surface area contributed by atoms with Gasteiger partial charge < -0.3 is 19.1 Å². The van der Waals surface area contributed by atoms with Crippen molar-refractivity contribution in [2.75, 3.05) is 6.61 Å². The number of hydrogen-bond donors (Lipinski definition) is 1. The van der Waals surface area contributed by atoms with Crippen LogP contribution in [0.4, 0.5) is 17.6 Å². The van der Waals surface area contributed by atoms with Gasteiger partial charge in [-0.3, -0.25) is 0 Å². The van der Waals surface area contributed by atoms with Gasteiger partial charge in [0.15, 0.2) is 6.61 Å². The van der Waals surface area contributed by atoms with Gasteiger partial charge in [-0.1, -0.05) is 141 Å². The van der Waals surface area contributed by atoms with Gasteiger partial charge in [0, 0.05) is 69.4 Å². The van der Waals surface area contributed by atoms with Gasteiger partial charge >= 0.3 is 18.3 Å². The van der Waals surface area contributed by atoms with E-state index in [-0.39, 0.29) is 23.5 Å². The minimum Gasteiger partial charge on any atom is -0.491 e. The lowest BCUT2D eigenvalue weighted by atomic mass is 9.94. The number of carbonyl (C=O) groups excluding carboxylic acids is 1. The van der Waals surface area contributed by atoms with Crippen LogP contribution in [0, 0.1) is 5.92 Å². The van der Waals surface area contributed by atoms with Gasteiger partial charge in [-0.25, -0.2) is 18.6 Å². The highest BCUT2D eigenvalue weighted by atomic mass is 19.3. The van der Waals surface area contributed by atoms with Crippen LogP contribution in [-0.4, -0.2) is 45.2 Å². The van der Waals surface area contributed by atoms with Gasteiger partial charge in [-0.15, -0.1) is 0 Å². The summed E-state index contributed by atoms with van der Waals surface area (Å²) in [5.41, 5.74) is 7.56. The van der Waals surface area contributed by atoms with E-state index in [1.807, 2.05) is 72.8 Å². The molecule has 1 unspecified atom stereocenters. The number of alkyl halides is 4. The maximum atomic E-state index is 14.2. The Hall–Kier alpha value is -6.49. The Balaban J connectivity index is 1.38. The number of carbonyl (C=O) groups is 1. The highest BCUT2D eigenvalue weighted by Gasteiger charge is 2.42. The number of halogens is 4. The normalized spacial score (nSPS) is 14.1. The predicted octanol–water partition coefficient (Wildman–Crippen LogP) is 13.7. The zero-order valence-corrected chi connectivity index (χ0v) is 34.9. The first-order chi connectivity index (χ1) is 30.1. The number of unbranched alkanes of at least 4 members (excludes halogenated alkanes) is 1. The Bertz CT molecular complexity index is 2770. The summed E-state index contributed by atoms with van der Waals surface area (Å²) in [6, 6.07) is 36.6. The first kappa shape index (κ1) is 42.2. The number of nitrogens with one attached hydrogen (secondary N) is 1. The lowest BCUT2D eigenvalue weighted by Gasteiger charge is -2.22. The summed E-state index contributed by atoms with van der Waals surface area (Å²) in [6.45, 7) is 4.91. The molecule has 318 valence electrons. The number of imidazole rings is 1. The molecular formula is C51H48F4N4O3. The Morgan fingerprint density at radius 2 is 1.60 bits per heavy atom. The van der Waals surface area contributed by atoms with Gasteiger partial charge in [-0.05, 0) is 42.3 Å². The summed E-state index contributed by atoms with van der Waals surface area (Å²) in [5, 5.41) is 8.15. The molecule has 0 aliphatic heterocycles. The van der Waals surface area contributed by atoms with Gasteiger partial charge in [0.2, 0.25) is 0 Å². The fourth-order valence-corrected chi connectivity index (χ4v) is 8.41. The van der Waals surface area contributed by atoms with Gasteiger partial charge in [0.1, 0.15) is 17.3 Å². The number of H-pyrrole nitrogens is 1. The SMILES string of the molecule is CCCCC(CC)Cn1c2ccc(C(=NOC(C)=O)C3=C(OCC(F)(F)C(F)F)CCC=C3)cc2c2cc(-c3nc(-c4ccccc4)c(-c4ccccc4)[nH]3)c3ccccc3c21. The maximum Gasteiger partial charge on any atom is 0.340 e. The first-order valence-electron chi connectivity index (χ1n) is 21.2. The third kappa shape index (κ3) is 8.53. The minimum absolute atomic E-state index is 0.0532. The van der Waals surface area contributed by atoms with E-state index in [0.717, 1.165) is 92.9 Å². The smallest absolute Gasteiger partial charge is 0.340 e. The van der Waals surface area contributed by atoms with Crippen LogP contribution >= 0.6 is 0 Å². The van der Waals surface area contributed by atoms with Crippen LogP contribution < -0.4 is 0 Å². The average molecular weight is 841 g/mol. The molecule has 0 radical (unpaired) electrons. The molecule has 1 aliphatic carbocycles. The zero-order valence-electron chi connectivity index (χ0n) is 34.9. The highest BCUT2D eigenvalue weighted by Crippen LogP contribution is 2.42. The Labute approximate surface area is 357 Å². The van der Waals surface area contributed by atoms with Crippen molar-refractivity contribution in [2.45, 2.75) is 78.2 Å². The van der Waals surface area contributed by atoms with Crippen molar-refractivity contribution in [2.24, 2.45) is 11.1 Å². The molecule has 0 fully saturated rings. The Morgan fingerprint density at radius 1 is 0.887 bits per heavy atom. The third-order valence-corrected chi connectivity index (χ3v) is 11.6. The highest BCUT2D eigenvalue weighted by molar-refractivity contribution is 6.23. The Kier molecular flexibility index (Phi) is 12.4. The fraction of sp³-hybridized carbons (Fsp3) is 0.275. The largest absolute Gasteiger partial charge is 0.491 e. The molecule has 62 heavy (non-hydrogen) atoms. The number of aromatic amines is 1. The lowest BCUT2D eigenvalue weighted by molar-refractivity contribution is -0.158. The van der Waals surface area contributed by atoms with Crippen LogP contribution in [0.3, 0.4) is 0 Å². The van der Waals surface area contributed by atoms with Crippen LogP contribution in [0.5, 0.6) is 0 Å². The van der Waals surface area contributed by atoms with Crippen molar-refractivity contribution in [1.29, 1.82) is 0 Å². The number of hydrogen-bond acceptors (Lipinski definition) is 5. The summed E-state index contributed by atoms with van der Waals surface area (Å²) in [7, 11) is 0. The number of benzene rings is 5. The van der Waals surface area contributed by atoms with E-state index in [9.17, 15) is 22.4 Å². The topological polar surface area (TPSA) is 81.5 Å². The molecule has 2 aromatic heterocycles. The van der Waals surface area contributed by atoms with Crippen LogP contribution in [0.2, 0.25) is 0 Å². The second kappa shape index (κ2) is 18.2. The quantitative estimate of drug-likeness (QED) is 0.0455. The van der Waals surface area contributed by atoms with Crippen LogP contribution in [-0.2, 0) is 20.9 Å². The number of nitrogens with zero attached hydrogens (tertiary/aromatic N) is 3. The average Bonchev–Trinajstić information content (AvgIpc) is 3.87. The number of oxime groups is 1. The number of ether oxygens (including phenoxy) is 1. The number of allylic oxidation sites excluding steroid dienone is 4. The molecule has 0 bridgehead atoms. The number of fused-ring (bicyclic) bond motifs is 5.